The van der Waals surface area contributed by atoms with Crippen LogP contribution in [0.15, 0.2) is 24.4 Å². The van der Waals surface area contributed by atoms with Crippen LogP contribution >= 0.6 is 0 Å². The van der Waals surface area contributed by atoms with Crippen LogP contribution in [0.5, 0.6) is 0 Å². The van der Waals surface area contributed by atoms with Crippen molar-refractivity contribution in [2.24, 2.45) is 5.92 Å². The monoisotopic (exact) mass is 260 g/mol. The molecule has 2 atom stereocenters. The number of aliphatic carboxylic acids is 1. The SMILES string of the molecule is CCC1CC1NC(=O)c1ccc(/C=C/C(=O)O)cn1. The highest BCUT2D eigenvalue weighted by Gasteiger charge is 2.36. The van der Waals surface area contributed by atoms with E-state index < -0.39 is 5.97 Å². The van der Waals surface area contributed by atoms with Crippen LogP contribution in [0.4, 0.5) is 0 Å². The molecule has 1 heterocycles. The molecule has 1 aliphatic rings. The summed E-state index contributed by atoms with van der Waals surface area (Å²) in [5, 5.41) is 11.4. The van der Waals surface area contributed by atoms with Gasteiger partial charge < -0.3 is 10.4 Å². The standard InChI is InChI=1S/C14H16N2O3/c1-2-10-7-12(10)16-14(19)11-5-3-9(8-15-11)4-6-13(17)18/h3-6,8,10,12H,2,7H2,1H3,(H,16,19)(H,17,18)/b6-4+. The largest absolute Gasteiger partial charge is 0.478 e. The summed E-state index contributed by atoms with van der Waals surface area (Å²) in [5.41, 5.74) is 1.01. The quantitative estimate of drug-likeness (QED) is 0.790. The molecule has 5 heteroatoms. The first-order valence-electron chi connectivity index (χ1n) is 6.28. The molecule has 19 heavy (non-hydrogen) atoms. The summed E-state index contributed by atoms with van der Waals surface area (Å²) < 4.78 is 0. The molecule has 0 radical (unpaired) electrons. The van der Waals surface area contributed by atoms with Gasteiger partial charge in [0.1, 0.15) is 5.69 Å². The average Bonchev–Trinajstić information content (AvgIpc) is 3.15. The summed E-state index contributed by atoms with van der Waals surface area (Å²) in [6, 6.07) is 3.55. The molecule has 2 N–H and O–H groups in total. The third-order valence-corrected chi connectivity index (χ3v) is 3.20. The molecule has 1 aliphatic carbocycles. The second kappa shape index (κ2) is 5.65. The van der Waals surface area contributed by atoms with Gasteiger partial charge in [0, 0.05) is 18.3 Å². The summed E-state index contributed by atoms with van der Waals surface area (Å²) in [6.45, 7) is 2.11. The zero-order valence-corrected chi connectivity index (χ0v) is 10.7. The van der Waals surface area contributed by atoms with E-state index in [4.69, 9.17) is 5.11 Å². The van der Waals surface area contributed by atoms with Crippen molar-refractivity contribution in [3.63, 3.8) is 0 Å². The fraction of sp³-hybridized carbons (Fsp3) is 0.357. The Hall–Kier alpha value is -2.17. The summed E-state index contributed by atoms with van der Waals surface area (Å²) in [7, 11) is 0. The summed E-state index contributed by atoms with van der Waals surface area (Å²) in [5.74, 6) is -0.586. The van der Waals surface area contributed by atoms with E-state index in [0.29, 0.717) is 17.2 Å². The minimum Gasteiger partial charge on any atom is -0.478 e. The van der Waals surface area contributed by atoms with Crippen molar-refractivity contribution < 1.29 is 14.7 Å². The lowest BCUT2D eigenvalue weighted by Gasteiger charge is -2.03. The Morgan fingerprint density at radius 1 is 1.53 bits per heavy atom. The lowest BCUT2D eigenvalue weighted by Crippen LogP contribution is -2.27. The van der Waals surface area contributed by atoms with Crippen molar-refractivity contribution in [3.8, 4) is 0 Å². The Balaban J connectivity index is 1.94. The molecule has 1 amide bonds. The van der Waals surface area contributed by atoms with Gasteiger partial charge in [-0.15, -0.1) is 0 Å². The molecule has 0 aliphatic heterocycles. The third-order valence-electron chi connectivity index (χ3n) is 3.20. The Kier molecular flexibility index (Phi) is 3.94. The molecule has 0 spiro atoms. The van der Waals surface area contributed by atoms with Crippen molar-refractivity contribution in [1.29, 1.82) is 0 Å². The van der Waals surface area contributed by atoms with Gasteiger partial charge in [0.2, 0.25) is 0 Å². The van der Waals surface area contributed by atoms with E-state index in [0.717, 1.165) is 18.9 Å². The van der Waals surface area contributed by atoms with E-state index in [2.05, 4.69) is 17.2 Å². The van der Waals surface area contributed by atoms with E-state index in [1.54, 1.807) is 12.1 Å². The number of carboxylic acid groups (broad SMARTS) is 1. The second-order valence-electron chi connectivity index (χ2n) is 4.63. The third kappa shape index (κ3) is 3.64. The lowest BCUT2D eigenvalue weighted by atomic mass is 10.2. The minimum absolute atomic E-state index is 0.172. The number of carbonyl (C=O) groups is 2. The molecule has 100 valence electrons. The molecule has 1 fully saturated rings. The van der Waals surface area contributed by atoms with E-state index in [9.17, 15) is 9.59 Å². The smallest absolute Gasteiger partial charge is 0.328 e. The molecular weight excluding hydrogens is 244 g/mol. The number of hydrogen-bond donors (Lipinski definition) is 2. The Morgan fingerprint density at radius 2 is 2.32 bits per heavy atom. The normalized spacial score (nSPS) is 21.3. The van der Waals surface area contributed by atoms with Gasteiger partial charge in [0.05, 0.1) is 0 Å². The fourth-order valence-corrected chi connectivity index (χ4v) is 1.92. The molecule has 5 nitrogen and oxygen atoms in total. The Labute approximate surface area is 111 Å². The molecule has 1 aromatic rings. The first kappa shape index (κ1) is 13.3. The highest BCUT2D eigenvalue weighted by Crippen LogP contribution is 2.33. The number of rotatable bonds is 5. The van der Waals surface area contributed by atoms with Crippen molar-refractivity contribution >= 4 is 18.0 Å². The van der Waals surface area contributed by atoms with Crippen LogP contribution in [0.3, 0.4) is 0 Å². The van der Waals surface area contributed by atoms with Crippen LogP contribution in [-0.4, -0.2) is 28.0 Å². The molecule has 0 bridgehead atoms. The zero-order chi connectivity index (χ0) is 13.8. The van der Waals surface area contributed by atoms with E-state index >= 15 is 0 Å². The summed E-state index contributed by atoms with van der Waals surface area (Å²) in [6.07, 6.45) is 6.08. The number of pyridine rings is 1. The average molecular weight is 260 g/mol. The van der Waals surface area contributed by atoms with Gasteiger partial charge >= 0.3 is 5.97 Å². The first-order valence-corrected chi connectivity index (χ1v) is 6.28. The molecule has 2 unspecified atom stereocenters. The van der Waals surface area contributed by atoms with Crippen LogP contribution < -0.4 is 5.32 Å². The summed E-state index contributed by atoms with van der Waals surface area (Å²) in [4.78, 5) is 26.2. The number of aromatic nitrogens is 1. The van der Waals surface area contributed by atoms with Gasteiger partial charge in [-0.2, -0.15) is 0 Å². The second-order valence-corrected chi connectivity index (χ2v) is 4.63. The van der Waals surface area contributed by atoms with Crippen molar-refractivity contribution in [2.75, 3.05) is 0 Å². The number of hydrogen-bond acceptors (Lipinski definition) is 3. The number of nitrogens with one attached hydrogen (secondary N) is 1. The van der Waals surface area contributed by atoms with Crippen LogP contribution in [0.1, 0.15) is 35.8 Å². The Morgan fingerprint density at radius 3 is 2.84 bits per heavy atom. The fourth-order valence-electron chi connectivity index (χ4n) is 1.92. The Bertz CT molecular complexity index is 508. The minimum atomic E-state index is -1.01. The highest BCUT2D eigenvalue weighted by molar-refractivity contribution is 5.93. The van der Waals surface area contributed by atoms with Crippen LogP contribution in [-0.2, 0) is 4.79 Å². The molecule has 0 aromatic carbocycles. The van der Waals surface area contributed by atoms with Gasteiger partial charge in [-0.25, -0.2) is 4.79 Å². The van der Waals surface area contributed by atoms with Crippen LogP contribution in [0.25, 0.3) is 6.08 Å². The molecule has 1 saturated carbocycles. The van der Waals surface area contributed by atoms with Gasteiger partial charge in [0.25, 0.3) is 5.91 Å². The van der Waals surface area contributed by atoms with Gasteiger partial charge in [-0.05, 0) is 30.0 Å². The number of amides is 1. The topological polar surface area (TPSA) is 79.3 Å². The maximum Gasteiger partial charge on any atom is 0.328 e. The molecule has 2 rings (SSSR count). The van der Waals surface area contributed by atoms with Gasteiger partial charge in [-0.3, -0.25) is 9.78 Å². The van der Waals surface area contributed by atoms with E-state index in [1.807, 2.05) is 0 Å². The summed E-state index contributed by atoms with van der Waals surface area (Å²) >= 11 is 0. The maximum atomic E-state index is 11.8. The maximum absolute atomic E-state index is 11.8. The highest BCUT2D eigenvalue weighted by atomic mass is 16.4. The van der Waals surface area contributed by atoms with E-state index in [-0.39, 0.29) is 11.9 Å². The van der Waals surface area contributed by atoms with Crippen LogP contribution in [0, 0.1) is 5.92 Å². The number of nitrogens with zero attached hydrogens (tertiary/aromatic N) is 1. The number of carbonyl (C=O) groups excluding carboxylic acids is 1. The van der Waals surface area contributed by atoms with Crippen molar-refractivity contribution in [3.05, 3.63) is 35.7 Å². The molecule has 0 saturated heterocycles. The van der Waals surface area contributed by atoms with Crippen LogP contribution in [0.2, 0.25) is 0 Å². The number of carboxylic acids is 1. The lowest BCUT2D eigenvalue weighted by molar-refractivity contribution is -0.131. The zero-order valence-electron chi connectivity index (χ0n) is 10.7. The molecule has 1 aromatic heterocycles. The van der Waals surface area contributed by atoms with Gasteiger partial charge in [0.15, 0.2) is 0 Å². The van der Waals surface area contributed by atoms with E-state index in [1.165, 1.54) is 12.3 Å². The molecular formula is C14H16N2O3. The predicted molar refractivity (Wildman–Crippen MR) is 70.6 cm³/mol. The van der Waals surface area contributed by atoms with Crippen molar-refractivity contribution in [2.45, 2.75) is 25.8 Å². The van der Waals surface area contributed by atoms with Gasteiger partial charge in [-0.1, -0.05) is 19.4 Å². The first-order chi connectivity index (χ1) is 9.10. The predicted octanol–water partition coefficient (Wildman–Crippen LogP) is 1.71. The van der Waals surface area contributed by atoms with Crippen molar-refractivity contribution in [1.82, 2.24) is 10.3 Å².